The van der Waals surface area contributed by atoms with Crippen LogP contribution < -0.4 is 5.32 Å². The minimum Gasteiger partial charge on any atom is -0.316 e. The van der Waals surface area contributed by atoms with Crippen LogP contribution in [0.2, 0.25) is 0 Å². The first-order chi connectivity index (χ1) is 9.91. The van der Waals surface area contributed by atoms with Crippen molar-refractivity contribution in [2.75, 3.05) is 7.05 Å². The lowest BCUT2D eigenvalue weighted by molar-refractivity contribution is -0.137. The molecule has 1 N–H and O–H groups in total. The first kappa shape index (κ1) is 16.3. The van der Waals surface area contributed by atoms with Gasteiger partial charge in [0.25, 0.3) is 0 Å². The fourth-order valence-electron chi connectivity index (χ4n) is 3.72. The van der Waals surface area contributed by atoms with Gasteiger partial charge in [0.05, 0.1) is 5.56 Å². The molecule has 1 aliphatic carbocycles. The zero-order valence-corrected chi connectivity index (χ0v) is 12.8. The molecule has 2 rings (SSSR count). The van der Waals surface area contributed by atoms with Crippen LogP contribution in [0.15, 0.2) is 24.3 Å². The third-order valence-electron chi connectivity index (χ3n) is 5.11. The molecule has 1 saturated carbocycles. The van der Waals surface area contributed by atoms with E-state index in [0.717, 1.165) is 18.4 Å². The molecule has 1 aliphatic rings. The zero-order chi connectivity index (χ0) is 15.5. The topological polar surface area (TPSA) is 12.0 Å². The molecule has 0 saturated heterocycles. The maximum absolute atomic E-state index is 12.6. The number of rotatable bonds is 5. The second-order valence-corrected chi connectivity index (χ2v) is 6.16. The third-order valence-corrected chi connectivity index (χ3v) is 5.11. The molecule has 118 valence electrons. The predicted octanol–water partition coefficient (Wildman–Crippen LogP) is 4.81. The van der Waals surface area contributed by atoms with Crippen LogP contribution in [0.3, 0.4) is 0 Å². The van der Waals surface area contributed by atoms with Crippen LogP contribution in [0.1, 0.15) is 50.2 Å². The summed E-state index contributed by atoms with van der Waals surface area (Å²) < 4.78 is 37.8. The van der Waals surface area contributed by atoms with Gasteiger partial charge in [-0.05, 0) is 55.8 Å². The Balaban J connectivity index is 2.12. The van der Waals surface area contributed by atoms with E-state index in [0.29, 0.717) is 11.5 Å². The summed E-state index contributed by atoms with van der Waals surface area (Å²) in [5, 5.41) is 3.41. The predicted molar refractivity (Wildman–Crippen MR) is 79.2 cm³/mol. The highest BCUT2D eigenvalue weighted by Crippen LogP contribution is 2.44. The van der Waals surface area contributed by atoms with E-state index in [4.69, 9.17) is 0 Å². The molecule has 0 aliphatic heterocycles. The van der Waals surface area contributed by atoms with Gasteiger partial charge in [-0.15, -0.1) is 0 Å². The molecular weight excluding hydrogens is 275 g/mol. The number of likely N-dealkylation sites (N-methyl/N-ethyl adjacent to an activating group) is 1. The molecule has 0 heterocycles. The van der Waals surface area contributed by atoms with Gasteiger partial charge in [0.15, 0.2) is 0 Å². The van der Waals surface area contributed by atoms with E-state index >= 15 is 0 Å². The van der Waals surface area contributed by atoms with Crippen LogP contribution in [0.5, 0.6) is 0 Å². The minimum absolute atomic E-state index is 0.303. The Bertz CT molecular complexity index is 444. The van der Waals surface area contributed by atoms with Gasteiger partial charge in [-0.3, -0.25) is 0 Å². The zero-order valence-electron chi connectivity index (χ0n) is 12.8. The van der Waals surface area contributed by atoms with E-state index in [-0.39, 0.29) is 0 Å². The van der Waals surface area contributed by atoms with Crippen LogP contribution >= 0.6 is 0 Å². The number of benzene rings is 1. The van der Waals surface area contributed by atoms with E-state index in [1.54, 1.807) is 12.1 Å². The van der Waals surface area contributed by atoms with Crippen LogP contribution in [-0.4, -0.2) is 13.1 Å². The summed E-state index contributed by atoms with van der Waals surface area (Å²) in [7, 11) is 1.96. The Morgan fingerprint density at radius 2 is 1.71 bits per heavy atom. The standard InChI is InChI=1S/C17H24F3N/c1-3-16(10-4-5-11-16)15(21-2)12-13-6-8-14(9-7-13)17(18,19)20/h6-9,15,21H,3-5,10-12H2,1-2H3. The van der Waals surface area contributed by atoms with Crippen molar-refractivity contribution in [1.29, 1.82) is 0 Å². The monoisotopic (exact) mass is 299 g/mol. The molecule has 1 unspecified atom stereocenters. The van der Waals surface area contributed by atoms with Crippen LogP contribution in [0.25, 0.3) is 0 Å². The number of hydrogen-bond acceptors (Lipinski definition) is 1. The normalized spacial score (nSPS) is 19.7. The lowest BCUT2D eigenvalue weighted by atomic mass is 9.74. The van der Waals surface area contributed by atoms with Gasteiger partial charge in [0.1, 0.15) is 0 Å². The summed E-state index contributed by atoms with van der Waals surface area (Å²) in [5.41, 5.74) is 0.706. The second kappa shape index (κ2) is 6.39. The van der Waals surface area contributed by atoms with Gasteiger partial charge in [-0.25, -0.2) is 0 Å². The van der Waals surface area contributed by atoms with Crippen molar-refractivity contribution >= 4 is 0 Å². The molecular formula is C17H24F3N. The van der Waals surface area contributed by atoms with Crippen LogP contribution in [0, 0.1) is 5.41 Å². The molecule has 1 atom stereocenters. The Hall–Kier alpha value is -1.03. The van der Waals surface area contributed by atoms with Crippen LogP contribution in [0.4, 0.5) is 13.2 Å². The summed E-state index contributed by atoms with van der Waals surface area (Å²) in [4.78, 5) is 0. The van der Waals surface area contributed by atoms with Crippen molar-refractivity contribution in [2.24, 2.45) is 5.41 Å². The molecule has 1 fully saturated rings. The number of hydrogen-bond donors (Lipinski definition) is 1. The smallest absolute Gasteiger partial charge is 0.316 e. The molecule has 0 spiro atoms. The molecule has 21 heavy (non-hydrogen) atoms. The summed E-state index contributed by atoms with van der Waals surface area (Å²) >= 11 is 0. The number of nitrogens with one attached hydrogen (secondary N) is 1. The Morgan fingerprint density at radius 1 is 1.14 bits per heavy atom. The van der Waals surface area contributed by atoms with Crippen LogP contribution in [-0.2, 0) is 12.6 Å². The minimum atomic E-state index is -4.25. The van der Waals surface area contributed by atoms with Gasteiger partial charge in [-0.2, -0.15) is 13.2 Å². The average molecular weight is 299 g/mol. The number of halogens is 3. The highest BCUT2D eigenvalue weighted by atomic mass is 19.4. The average Bonchev–Trinajstić information content (AvgIpc) is 2.94. The van der Waals surface area contributed by atoms with Gasteiger partial charge < -0.3 is 5.32 Å². The van der Waals surface area contributed by atoms with Crippen molar-refractivity contribution in [3.8, 4) is 0 Å². The molecule has 1 nitrogen and oxygen atoms in total. The van der Waals surface area contributed by atoms with E-state index in [2.05, 4.69) is 12.2 Å². The van der Waals surface area contributed by atoms with Crippen molar-refractivity contribution in [3.63, 3.8) is 0 Å². The fraction of sp³-hybridized carbons (Fsp3) is 0.647. The maximum atomic E-state index is 12.6. The van der Waals surface area contributed by atoms with Gasteiger partial charge in [0, 0.05) is 6.04 Å². The third kappa shape index (κ3) is 3.60. The maximum Gasteiger partial charge on any atom is 0.416 e. The Labute approximate surface area is 124 Å². The van der Waals surface area contributed by atoms with Gasteiger partial charge >= 0.3 is 6.18 Å². The lowest BCUT2D eigenvalue weighted by Crippen LogP contribution is -2.43. The highest BCUT2D eigenvalue weighted by molar-refractivity contribution is 5.25. The molecule has 0 amide bonds. The molecule has 4 heteroatoms. The number of alkyl halides is 3. The van der Waals surface area contributed by atoms with Crippen molar-refractivity contribution in [1.82, 2.24) is 5.32 Å². The lowest BCUT2D eigenvalue weighted by Gasteiger charge is -2.37. The van der Waals surface area contributed by atoms with Crippen molar-refractivity contribution < 1.29 is 13.2 Å². The van der Waals surface area contributed by atoms with E-state index in [9.17, 15) is 13.2 Å². The van der Waals surface area contributed by atoms with Gasteiger partial charge in [-0.1, -0.05) is 31.9 Å². The van der Waals surface area contributed by atoms with E-state index in [1.165, 1.54) is 37.8 Å². The first-order valence-corrected chi connectivity index (χ1v) is 7.75. The molecule has 0 radical (unpaired) electrons. The summed E-state index contributed by atoms with van der Waals surface area (Å²) in [6, 6.07) is 5.95. The van der Waals surface area contributed by atoms with E-state index < -0.39 is 11.7 Å². The SMILES string of the molecule is CCC1(C(Cc2ccc(C(F)(F)F)cc2)NC)CCCC1. The summed E-state index contributed by atoms with van der Waals surface area (Å²) in [6.07, 6.45) is 2.63. The summed E-state index contributed by atoms with van der Waals surface area (Å²) in [6.45, 7) is 2.22. The quantitative estimate of drug-likeness (QED) is 0.823. The van der Waals surface area contributed by atoms with Crippen molar-refractivity contribution in [2.45, 2.75) is 57.7 Å². The Morgan fingerprint density at radius 3 is 2.14 bits per heavy atom. The second-order valence-electron chi connectivity index (χ2n) is 6.16. The van der Waals surface area contributed by atoms with E-state index in [1.807, 2.05) is 7.05 Å². The van der Waals surface area contributed by atoms with Gasteiger partial charge in [0.2, 0.25) is 0 Å². The molecule has 0 aromatic heterocycles. The molecule has 1 aromatic rings. The largest absolute Gasteiger partial charge is 0.416 e. The molecule has 1 aromatic carbocycles. The highest BCUT2D eigenvalue weighted by Gasteiger charge is 2.39. The summed E-state index contributed by atoms with van der Waals surface area (Å²) in [5.74, 6) is 0. The van der Waals surface area contributed by atoms with Crippen molar-refractivity contribution in [3.05, 3.63) is 35.4 Å². The fourth-order valence-corrected chi connectivity index (χ4v) is 3.72. The first-order valence-electron chi connectivity index (χ1n) is 7.75. The molecule has 0 bridgehead atoms. The Kier molecular flexibility index (Phi) is 4.97.